The smallest absolute Gasteiger partial charge is 0.420 e. The zero-order valence-electron chi connectivity index (χ0n) is 41.7. The van der Waals surface area contributed by atoms with E-state index in [9.17, 15) is 42.4 Å². The number of hydrogen-bond donors (Lipinski definition) is 2. The predicted octanol–water partition coefficient (Wildman–Crippen LogP) is 6.51. The lowest BCUT2D eigenvalue weighted by Gasteiger charge is -2.35. The van der Waals surface area contributed by atoms with Gasteiger partial charge in [0.15, 0.2) is 10.9 Å². The van der Waals surface area contributed by atoms with E-state index in [0.29, 0.717) is 30.8 Å². The number of amides is 4. The molecule has 6 rings (SSSR count). The van der Waals surface area contributed by atoms with Crippen LogP contribution in [0.25, 0.3) is 10.4 Å². The number of alkyl halides is 3. The number of thiocarbonyl (C=S) groups is 1. The predicted molar refractivity (Wildman–Crippen MR) is 267 cm³/mol. The number of likely N-dealkylation sites (tertiary alicyclic amines) is 1. The van der Waals surface area contributed by atoms with E-state index >= 15 is 4.39 Å². The number of pyridine rings is 1. The minimum Gasteiger partial charge on any atom is -0.475 e. The van der Waals surface area contributed by atoms with Gasteiger partial charge in [-0.3, -0.25) is 24.1 Å². The van der Waals surface area contributed by atoms with Crippen LogP contribution in [-0.2, 0) is 50.8 Å². The van der Waals surface area contributed by atoms with E-state index in [1.807, 2.05) is 52.0 Å². The van der Waals surface area contributed by atoms with Crippen LogP contribution in [0.3, 0.4) is 0 Å². The Morgan fingerprint density at radius 2 is 1.65 bits per heavy atom. The fraction of sp³-hybridized carbons (Fsp3) is 0.460. The molecule has 4 aromatic rings. The number of aromatic nitrogens is 2. The van der Waals surface area contributed by atoms with Crippen LogP contribution in [0.4, 0.5) is 28.9 Å². The summed E-state index contributed by atoms with van der Waals surface area (Å²) >= 11 is 7.06. The number of hydrogen-bond acceptors (Lipinski definition) is 15. The number of carbonyl (C=O) groups excluding carboxylic acids is 5. The van der Waals surface area contributed by atoms with Gasteiger partial charge in [0.1, 0.15) is 42.0 Å². The Labute approximate surface area is 434 Å². The molecular weight excluding hydrogens is 1010 g/mol. The number of thiazole rings is 1. The Balaban J connectivity index is 0.913. The molecule has 18 nitrogen and oxygen atoms in total. The summed E-state index contributed by atoms with van der Waals surface area (Å²) in [5.74, 6) is -4.95. The number of carbonyl (C=O) groups is 5. The molecule has 396 valence electrons. The standard InChI is InChI=1S/C50H56F4N8O10S2/c1-29-40(74-28-58-29)31-12-10-30(11-13-31)25-56-42(64)36-9-8-16-60(36)44(65)41(48(2,3)4)59-37(63)27-71-20-19-69-17-18-70-21-22-72-43-34(45(66)68-7)23-33(26-57-43)62-47(73)61(46(67)49(62,5)6)35-15-14-32(24-55)38(39(35)51)50(52,53)54/h10-15,23,26,28,36,41H,8-9,16-22,25,27H2,1-7H3,(H,56,64)(H,59,63). The SMILES string of the molecule is COC(=O)c1cc(N2C(=S)N(c3ccc(C#N)c(C(F)(F)F)c3F)C(=O)C2(C)C)cnc1OCCOCCOCCOCC(=O)NC(C(=O)N1CCCC1C(=O)NCc1ccc(-c2scnc2C)cc1)C(C)(C)C. The molecule has 2 atom stereocenters. The van der Waals surface area contributed by atoms with Gasteiger partial charge in [-0.05, 0) is 80.6 Å². The van der Waals surface area contributed by atoms with Crippen molar-refractivity contribution in [2.24, 2.45) is 5.41 Å². The molecule has 2 saturated heterocycles. The second-order valence-electron chi connectivity index (χ2n) is 18.6. The molecule has 0 radical (unpaired) electrons. The summed E-state index contributed by atoms with van der Waals surface area (Å²) in [5, 5.41) is 14.5. The summed E-state index contributed by atoms with van der Waals surface area (Å²) in [6.45, 7) is 10.9. The fourth-order valence-corrected chi connectivity index (χ4v) is 9.59. The number of nitrogens with zero attached hydrogens (tertiary/aromatic N) is 6. The van der Waals surface area contributed by atoms with Crippen LogP contribution in [0.2, 0.25) is 0 Å². The summed E-state index contributed by atoms with van der Waals surface area (Å²) in [6, 6.07) is 10.5. The summed E-state index contributed by atoms with van der Waals surface area (Å²) in [6.07, 6.45) is -2.91. The van der Waals surface area contributed by atoms with Gasteiger partial charge in [-0.1, -0.05) is 45.0 Å². The van der Waals surface area contributed by atoms with Crippen LogP contribution >= 0.6 is 23.6 Å². The first-order chi connectivity index (χ1) is 35.0. The highest BCUT2D eigenvalue weighted by Gasteiger charge is 2.52. The second kappa shape index (κ2) is 24.1. The molecule has 0 saturated carbocycles. The first-order valence-electron chi connectivity index (χ1n) is 23.3. The first kappa shape index (κ1) is 56.6. The van der Waals surface area contributed by atoms with E-state index in [1.54, 1.807) is 21.7 Å². The first-order valence-corrected chi connectivity index (χ1v) is 24.6. The molecule has 2 aliphatic rings. The Bertz CT molecular complexity index is 2780. The van der Waals surface area contributed by atoms with Crippen LogP contribution in [0, 0.1) is 29.5 Å². The molecule has 2 aliphatic heterocycles. The van der Waals surface area contributed by atoms with E-state index in [0.717, 1.165) is 40.9 Å². The number of anilines is 2. The number of halogens is 4. The molecule has 0 spiro atoms. The highest BCUT2D eigenvalue weighted by Crippen LogP contribution is 2.42. The average Bonchev–Trinajstić information content (AvgIpc) is 4.07. The molecule has 24 heteroatoms. The van der Waals surface area contributed by atoms with Gasteiger partial charge in [0, 0.05) is 13.1 Å². The van der Waals surface area contributed by atoms with E-state index in [-0.39, 0.29) is 75.2 Å². The maximum absolute atomic E-state index is 15.5. The minimum atomic E-state index is -5.26. The molecule has 2 fully saturated rings. The van der Waals surface area contributed by atoms with E-state index < -0.39 is 74.7 Å². The van der Waals surface area contributed by atoms with Crippen molar-refractivity contribution in [3.63, 3.8) is 0 Å². The second-order valence-corrected chi connectivity index (χ2v) is 19.9. The number of esters is 1. The number of ether oxygens (including phenoxy) is 5. The maximum Gasteiger partial charge on any atom is 0.420 e. The van der Waals surface area contributed by atoms with Gasteiger partial charge in [0.25, 0.3) is 5.91 Å². The van der Waals surface area contributed by atoms with Crippen LogP contribution in [0.5, 0.6) is 5.88 Å². The minimum absolute atomic E-state index is 0.0204. The third-order valence-corrected chi connectivity index (χ3v) is 13.4. The van der Waals surface area contributed by atoms with Gasteiger partial charge in [-0.2, -0.15) is 18.4 Å². The van der Waals surface area contributed by atoms with E-state index in [1.165, 1.54) is 37.1 Å². The molecule has 2 aromatic carbocycles. The highest BCUT2D eigenvalue weighted by molar-refractivity contribution is 7.81. The van der Waals surface area contributed by atoms with Crippen molar-refractivity contribution < 1.29 is 65.2 Å². The quantitative estimate of drug-likeness (QED) is 0.0394. The Kier molecular flexibility index (Phi) is 18.5. The van der Waals surface area contributed by atoms with Crippen molar-refractivity contribution in [3.05, 3.63) is 87.9 Å². The Morgan fingerprint density at radius 3 is 2.26 bits per heavy atom. The molecule has 4 amide bonds. The lowest BCUT2D eigenvalue weighted by molar-refractivity contribution is -0.144. The van der Waals surface area contributed by atoms with Crippen LogP contribution in [0.1, 0.15) is 80.2 Å². The van der Waals surface area contributed by atoms with Gasteiger partial charge >= 0.3 is 12.1 Å². The van der Waals surface area contributed by atoms with Gasteiger partial charge < -0.3 is 44.1 Å². The normalized spacial score (nSPS) is 16.0. The zero-order valence-corrected chi connectivity index (χ0v) is 43.4. The molecular formula is C50H56F4N8O10S2. The van der Waals surface area contributed by atoms with E-state index in [4.69, 9.17) is 35.9 Å². The van der Waals surface area contributed by atoms with Crippen molar-refractivity contribution >= 4 is 69.6 Å². The van der Waals surface area contributed by atoms with Crippen molar-refractivity contribution in [2.75, 3.05) is 69.7 Å². The number of rotatable bonds is 21. The third kappa shape index (κ3) is 13.0. The van der Waals surface area contributed by atoms with Crippen molar-refractivity contribution in [3.8, 4) is 22.4 Å². The number of nitriles is 1. The van der Waals surface area contributed by atoms with Gasteiger partial charge in [0.05, 0.1) is 85.4 Å². The number of methoxy groups -OCH3 is 1. The fourth-order valence-electron chi connectivity index (χ4n) is 8.27. The summed E-state index contributed by atoms with van der Waals surface area (Å²) in [5.41, 5.74) is -1.40. The number of nitrogens with one attached hydrogen (secondary N) is 2. The average molecular weight is 1070 g/mol. The van der Waals surface area contributed by atoms with Crippen LogP contribution in [0.15, 0.2) is 54.2 Å². The maximum atomic E-state index is 15.5. The Hall–Kier alpha value is -6.65. The number of aryl methyl sites for hydroxylation is 1. The lowest BCUT2D eigenvalue weighted by atomic mass is 9.85. The van der Waals surface area contributed by atoms with Crippen molar-refractivity contribution in [1.82, 2.24) is 25.5 Å². The Morgan fingerprint density at radius 1 is 0.986 bits per heavy atom. The molecule has 0 aliphatic carbocycles. The molecule has 4 heterocycles. The zero-order chi connectivity index (χ0) is 54.1. The van der Waals surface area contributed by atoms with Gasteiger partial charge in [-0.25, -0.2) is 19.2 Å². The number of benzene rings is 2. The van der Waals surface area contributed by atoms with E-state index in [2.05, 4.69) is 20.6 Å². The molecule has 0 bridgehead atoms. The molecule has 2 aromatic heterocycles. The summed E-state index contributed by atoms with van der Waals surface area (Å²) < 4.78 is 84.1. The molecule has 2 N–H and O–H groups in total. The highest BCUT2D eigenvalue weighted by atomic mass is 32.1. The molecule has 2 unspecified atom stereocenters. The largest absolute Gasteiger partial charge is 0.475 e. The third-order valence-electron chi connectivity index (χ3n) is 12.1. The van der Waals surface area contributed by atoms with Crippen molar-refractivity contribution in [1.29, 1.82) is 5.26 Å². The van der Waals surface area contributed by atoms with Crippen LogP contribution < -0.4 is 25.2 Å². The van der Waals surface area contributed by atoms with Gasteiger partial charge in [-0.15, -0.1) is 11.3 Å². The van der Waals surface area contributed by atoms with Crippen molar-refractivity contribution in [2.45, 2.75) is 84.7 Å². The monoisotopic (exact) mass is 1070 g/mol. The lowest BCUT2D eigenvalue weighted by Crippen LogP contribution is -2.58. The summed E-state index contributed by atoms with van der Waals surface area (Å²) in [7, 11) is 1.11. The summed E-state index contributed by atoms with van der Waals surface area (Å²) in [4.78, 5) is 79.8. The van der Waals surface area contributed by atoms with Gasteiger partial charge in [0.2, 0.25) is 23.6 Å². The molecule has 74 heavy (non-hydrogen) atoms. The van der Waals surface area contributed by atoms with Crippen LogP contribution in [-0.4, -0.2) is 127 Å². The topological polar surface area (TPSA) is 215 Å².